The zero-order valence-electron chi connectivity index (χ0n) is 16.3. The molecule has 2 aliphatic heterocycles. The van der Waals surface area contributed by atoms with Gasteiger partial charge in [0.05, 0.1) is 7.11 Å². The number of methoxy groups -OCH3 is 1. The van der Waals surface area contributed by atoms with Gasteiger partial charge in [0, 0.05) is 49.5 Å². The molecule has 3 heterocycles. The molecule has 4 nitrogen and oxygen atoms in total. The summed E-state index contributed by atoms with van der Waals surface area (Å²) in [5, 5.41) is 0. The Balaban J connectivity index is 1.44. The molecule has 1 atom stereocenters. The van der Waals surface area contributed by atoms with Crippen LogP contribution in [0.1, 0.15) is 48.6 Å². The molecule has 1 aromatic carbocycles. The second-order valence-electron chi connectivity index (χ2n) is 7.76. The fourth-order valence-electron chi connectivity index (χ4n) is 4.45. The summed E-state index contributed by atoms with van der Waals surface area (Å²) in [6.07, 6.45) is 5.71. The summed E-state index contributed by atoms with van der Waals surface area (Å²) in [6.45, 7) is 4.20. The third kappa shape index (κ3) is 4.69. The number of aromatic nitrogens is 1. The molecule has 0 saturated carbocycles. The van der Waals surface area contributed by atoms with Gasteiger partial charge in [-0.2, -0.15) is 0 Å². The van der Waals surface area contributed by atoms with Crippen molar-refractivity contribution in [3.05, 3.63) is 59.4 Å². The van der Waals surface area contributed by atoms with Crippen LogP contribution in [0.3, 0.4) is 0 Å². The Morgan fingerprint density at radius 3 is 2.81 bits per heavy atom. The molecule has 144 valence electrons. The van der Waals surface area contributed by atoms with Crippen LogP contribution in [0.5, 0.6) is 5.75 Å². The highest BCUT2D eigenvalue weighted by molar-refractivity contribution is 5.31. The molecule has 0 bridgehead atoms. The summed E-state index contributed by atoms with van der Waals surface area (Å²) in [5.74, 6) is 1.45. The number of pyridine rings is 1. The number of rotatable bonds is 5. The lowest BCUT2D eigenvalue weighted by Crippen LogP contribution is -2.44. The first-order chi connectivity index (χ1) is 13.3. The quantitative estimate of drug-likeness (QED) is 0.800. The van der Waals surface area contributed by atoms with Gasteiger partial charge >= 0.3 is 0 Å². The first-order valence-corrected chi connectivity index (χ1v) is 10.2. The van der Waals surface area contributed by atoms with Gasteiger partial charge in [0.2, 0.25) is 0 Å². The Hall–Kier alpha value is -1.91. The van der Waals surface area contributed by atoms with Crippen LogP contribution in [0.15, 0.2) is 42.5 Å². The summed E-state index contributed by atoms with van der Waals surface area (Å²) < 4.78 is 10.9. The highest BCUT2D eigenvalue weighted by atomic mass is 16.5. The van der Waals surface area contributed by atoms with E-state index in [4.69, 9.17) is 14.5 Å². The van der Waals surface area contributed by atoms with E-state index in [1.165, 1.54) is 43.5 Å². The summed E-state index contributed by atoms with van der Waals surface area (Å²) in [5.41, 5.74) is 3.64. The van der Waals surface area contributed by atoms with Gasteiger partial charge in [-0.3, -0.25) is 9.88 Å². The van der Waals surface area contributed by atoms with Crippen LogP contribution in [-0.2, 0) is 11.2 Å². The van der Waals surface area contributed by atoms with Crippen molar-refractivity contribution >= 4 is 0 Å². The number of benzene rings is 1. The zero-order chi connectivity index (χ0) is 18.5. The molecular formula is C23H30N2O2. The Bertz CT molecular complexity index is 743. The van der Waals surface area contributed by atoms with Crippen molar-refractivity contribution in [1.82, 2.24) is 9.88 Å². The van der Waals surface area contributed by atoms with Crippen molar-refractivity contribution in [3.63, 3.8) is 0 Å². The number of hydrogen-bond acceptors (Lipinski definition) is 4. The minimum atomic E-state index is 0.548. The number of piperidine rings is 1. The molecule has 2 fully saturated rings. The largest absolute Gasteiger partial charge is 0.497 e. The van der Waals surface area contributed by atoms with Crippen molar-refractivity contribution in [3.8, 4) is 5.75 Å². The van der Waals surface area contributed by atoms with Crippen LogP contribution in [0.2, 0.25) is 0 Å². The average molecular weight is 367 g/mol. The molecular weight excluding hydrogens is 336 g/mol. The van der Waals surface area contributed by atoms with E-state index in [0.29, 0.717) is 12.0 Å². The first-order valence-electron chi connectivity index (χ1n) is 10.2. The maximum atomic E-state index is 5.54. The molecule has 0 amide bonds. The van der Waals surface area contributed by atoms with Crippen molar-refractivity contribution in [2.24, 2.45) is 0 Å². The van der Waals surface area contributed by atoms with Crippen LogP contribution in [0.25, 0.3) is 0 Å². The third-order valence-electron chi connectivity index (χ3n) is 5.93. The van der Waals surface area contributed by atoms with E-state index in [2.05, 4.69) is 35.2 Å². The standard InChI is InChI=1S/C23H30N2O2/c1-26-22-8-2-5-18(16-22)15-20-7-3-9-23(24-20)19-6-4-12-25(17-19)21-10-13-27-14-11-21/h2-3,5,7-9,16,19,21H,4,6,10-15,17H2,1H3/t19-/m0/s1. The van der Waals surface area contributed by atoms with Crippen LogP contribution in [-0.4, -0.2) is 49.3 Å². The maximum absolute atomic E-state index is 5.54. The highest BCUT2D eigenvalue weighted by Gasteiger charge is 2.28. The van der Waals surface area contributed by atoms with Gasteiger partial charge in [0.25, 0.3) is 0 Å². The lowest BCUT2D eigenvalue weighted by molar-refractivity contribution is 0.0237. The summed E-state index contributed by atoms with van der Waals surface area (Å²) in [4.78, 5) is 7.72. The van der Waals surface area contributed by atoms with Crippen molar-refractivity contribution in [2.75, 3.05) is 33.4 Å². The van der Waals surface area contributed by atoms with Gasteiger partial charge in [-0.05, 0) is 62.1 Å². The minimum Gasteiger partial charge on any atom is -0.497 e. The van der Waals surface area contributed by atoms with Gasteiger partial charge < -0.3 is 9.47 Å². The SMILES string of the molecule is COc1cccc(Cc2cccc([C@H]3CCCN(C4CCOCC4)C3)n2)c1. The van der Waals surface area contributed by atoms with E-state index >= 15 is 0 Å². The first kappa shape index (κ1) is 18.5. The lowest BCUT2D eigenvalue weighted by Gasteiger charge is -2.39. The van der Waals surface area contributed by atoms with E-state index in [1.807, 2.05) is 12.1 Å². The summed E-state index contributed by atoms with van der Waals surface area (Å²) in [7, 11) is 1.71. The van der Waals surface area contributed by atoms with Crippen LogP contribution < -0.4 is 4.74 Å². The summed E-state index contributed by atoms with van der Waals surface area (Å²) >= 11 is 0. The molecule has 1 aromatic heterocycles. The molecule has 2 saturated heterocycles. The van der Waals surface area contributed by atoms with Gasteiger partial charge in [0.1, 0.15) is 5.75 Å². The molecule has 2 aromatic rings. The fourth-order valence-corrected chi connectivity index (χ4v) is 4.45. The van der Waals surface area contributed by atoms with Crippen LogP contribution in [0.4, 0.5) is 0 Å². The predicted molar refractivity (Wildman–Crippen MR) is 107 cm³/mol. The Labute approximate surface area is 162 Å². The topological polar surface area (TPSA) is 34.6 Å². The highest BCUT2D eigenvalue weighted by Crippen LogP contribution is 2.29. The number of nitrogens with zero attached hydrogens (tertiary/aromatic N) is 2. The average Bonchev–Trinajstić information content (AvgIpc) is 2.75. The number of ether oxygens (including phenoxy) is 2. The molecule has 0 aliphatic carbocycles. The lowest BCUT2D eigenvalue weighted by atomic mass is 9.91. The van der Waals surface area contributed by atoms with E-state index in [1.54, 1.807) is 7.11 Å². The van der Waals surface area contributed by atoms with Gasteiger partial charge in [-0.15, -0.1) is 0 Å². The molecule has 0 unspecified atom stereocenters. The molecule has 4 heteroatoms. The van der Waals surface area contributed by atoms with Crippen molar-refractivity contribution in [2.45, 2.75) is 44.1 Å². The normalized spacial score (nSPS) is 21.9. The summed E-state index contributed by atoms with van der Waals surface area (Å²) in [6, 6.07) is 15.5. The Morgan fingerprint density at radius 1 is 1.11 bits per heavy atom. The molecule has 27 heavy (non-hydrogen) atoms. The molecule has 2 aliphatic rings. The number of hydrogen-bond donors (Lipinski definition) is 0. The van der Waals surface area contributed by atoms with Gasteiger partial charge in [-0.25, -0.2) is 0 Å². The van der Waals surface area contributed by atoms with Crippen molar-refractivity contribution in [1.29, 1.82) is 0 Å². The smallest absolute Gasteiger partial charge is 0.119 e. The van der Waals surface area contributed by atoms with Crippen LogP contribution in [0, 0.1) is 0 Å². The van der Waals surface area contributed by atoms with E-state index < -0.39 is 0 Å². The fraction of sp³-hybridized carbons (Fsp3) is 0.522. The Kier molecular flexibility index (Phi) is 6.05. The predicted octanol–water partition coefficient (Wildman–Crippen LogP) is 4.04. The molecule has 0 spiro atoms. The van der Waals surface area contributed by atoms with Crippen molar-refractivity contribution < 1.29 is 9.47 Å². The van der Waals surface area contributed by atoms with Gasteiger partial charge in [0.15, 0.2) is 0 Å². The number of likely N-dealkylation sites (tertiary alicyclic amines) is 1. The molecule has 0 radical (unpaired) electrons. The minimum absolute atomic E-state index is 0.548. The van der Waals surface area contributed by atoms with Gasteiger partial charge in [-0.1, -0.05) is 18.2 Å². The second kappa shape index (κ2) is 8.85. The Morgan fingerprint density at radius 2 is 1.96 bits per heavy atom. The van der Waals surface area contributed by atoms with E-state index in [9.17, 15) is 0 Å². The third-order valence-corrected chi connectivity index (χ3v) is 5.93. The van der Waals surface area contributed by atoms with E-state index in [-0.39, 0.29) is 0 Å². The molecule has 4 rings (SSSR count). The van der Waals surface area contributed by atoms with E-state index in [0.717, 1.165) is 37.6 Å². The van der Waals surface area contributed by atoms with Crippen LogP contribution >= 0.6 is 0 Å². The molecule has 0 N–H and O–H groups in total. The maximum Gasteiger partial charge on any atom is 0.119 e. The zero-order valence-corrected chi connectivity index (χ0v) is 16.3. The monoisotopic (exact) mass is 366 g/mol. The second-order valence-corrected chi connectivity index (χ2v) is 7.76.